The summed E-state index contributed by atoms with van der Waals surface area (Å²) < 4.78 is 43.6. The highest BCUT2D eigenvalue weighted by atomic mass is 19.2. The zero-order chi connectivity index (χ0) is 14.6. The van der Waals surface area contributed by atoms with Crippen LogP contribution < -0.4 is 0 Å². The largest absolute Gasteiger partial charge is 0.500 e. The average molecular weight is 274 g/mol. The molecule has 1 aromatic carbocycles. The van der Waals surface area contributed by atoms with Crippen molar-refractivity contribution in [2.45, 2.75) is 6.92 Å². The van der Waals surface area contributed by atoms with Crippen LogP contribution in [-0.2, 0) is 9.53 Å². The summed E-state index contributed by atoms with van der Waals surface area (Å²) in [6.07, 6.45) is 0.630. The Morgan fingerprint density at radius 2 is 1.79 bits per heavy atom. The molecular formula is C12H9F3O4. The van der Waals surface area contributed by atoms with Crippen LogP contribution in [0.3, 0.4) is 0 Å². The van der Waals surface area contributed by atoms with E-state index in [1.54, 1.807) is 6.92 Å². The van der Waals surface area contributed by atoms with Gasteiger partial charge in [0.2, 0.25) is 5.78 Å². The summed E-state index contributed by atoms with van der Waals surface area (Å²) in [5, 5.41) is 8.79. The molecule has 0 amide bonds. The Morgan fingerprint density at radius 1 is 1.21 bits per heavy atom. The summed E-state index contributed by atoms with van der Waals surface area (Å²) in [6, 6.07) is 0.471. The molecule has 19 heavy (non-hydrogen) atoms. The lowest BCUT2D eigenvalue weighted by molar-refractivity contribution is -0.132. The van der Waals surface area contributed by atoms with Gasteiger partial charge < -0.3 is 9.84 Å². The second-order valence-electron chi connectivity index (χ2n) is 3.37. The van der Waals surface area contributed by atoms with Crippen molar-refractivity contribution in [3.63, 3.8) is 0 Å². The quantitative estimate of drug-likeness (QED) is 0.223. The van der Waals surface area contributed by atoms with E-state index in [2.05, 4.69) is 4.74 Å². The van der Waals surface area contributed by atoms with Gasteiger partial charge in [0.1, 0.15) is 17.7 Å². The summed E-state index contributed by atoms with van der Waals surface area (Å²) in [4.78, 5) is 22.5. The lowest BCUT2D eigenvalue weighted by atomic mass is 10.0. The number of hydrogen-bond donors (Lipinski definition) is 1. The van der Waals surface area contributed by atoms with Crippen molar-refractivity contribution < 1.29 is 32.6 Å². The molecule has 7 heteroatoms. The van der Waals surface area contributed by atoms with Crippen LogP contribution in [0.1, 0.15) is 17.3 Å². The molecule has 0 saturated heterocycles. The van der Waals surface area contributed by atoms with Crippen molar-refractivity contribution in [3.05, 3.63) is 47.0 Å². The standard InChI is InChI=1S/C12H9F3O4/c1-2-19-5-7(12(17)18)11(16)6-3-9(14)10(15)4-8(6)13/h3-5H,2H2,1H3,(H,17,18). The van der Waals surface area contributed by atoms with Gasteiger partial charge in [-0.15, -0.1) is 0 Å². The number of carbonyl (C=O) groups is 2. The predicted octanol–water partition coefficient (Wildman–Crippen LogP) is 2.29. The van der Waals surface area contributed by atoms with E-state index in [4.69, 9.17) is 5.11 Å². The van der Waals surface area contributed by atoms with Crippen molar-refractivity contribution in [2.24, 2.45) is 0 Å². The Hall–Kier alpha value is -2.31. The summed E-state index contributed by atoms with van der Waals surface area (Å²) >= 11 is 0. The van der Waals surface area contributed by atoms with E-state index in [1.807, 2.05) is 0 Å². The molecule has 0 aliphatic heterocycles. The van der Waals surface area contributed by atoms with Crippen LogP contribution >= 0.6 is 0 Å². The summed E-state index contributed by atoms with van der Waals surface area (Å²) in [5.41, 5.74) is -1.76. The minimum atomic E-state index is -1.66. The van der Waals surface area contributed by atoms with Crippen LogP contribution in [0.4, 0.5) is 13.2 Å². The molecular weight excluding hydrogens is 265 g/mol. The zero-order valence-electron chi connectivity index (χ0n) is 9.75. The first-order chi connectivity index (χ1) is 8.88. The van der Waals surface area contributed by atoms with Gasteiger partial charge >= 0.3 is 5.97 Å². The molecule has 4 nitrogen and oxygen atoms in total. The van der Waals surface area contributed by atoms with E-state index in [1.165, 1.54) is 0 Å². The molecule has 1 aromatic rings. The number of carboxylic acids is 1. The first-order valence-electron chi connectivity index (χ1n) is 5.12. The molecule has 0 saturated carbocycles. The van der Waals surface area contributed by atoms with Crippen molar-refractivity contribution in [3.8, 4) is 0 Å². The van der Waals surface area contributed by atoms with Gasteiger partial charge in [0.15, 0.2) is 11.6 Å². The second kappa shape index (κ2) is 6.03. The van der Waals surface area contributed by atoms with E-state index >= 15 is 0 Å². The molecule has 0 heterocycles. The third-order valence-corrected chi connectivity index (χ3v) is 2.10. The molecule has 0 aliphatic carbocycles. The Bertz CT molecular complexity index is 552. The van der Waals surface area contributed by atoms with Gasteiger partial charge in [-0.2, -0.15) is 0 Å². The van der Waals surface area contributed by atoms with E-state index in [9.17, 15) is 22.8 Å². The first-order valence-corrected chi connectivity index (χ1v) is 5.12. The molecule has 102 valence electrons. The fraction of sp³-hybridized carbons (Fsp3) is 0.167. The Labute approximate surface area is 106 Å². The van der Waals surface area contributed by atoms with E-state index in [0.717, 1.165) is 0 Å². The number of hydrogen-bond acceptors (Lipinski definition) is 3. The van der Waals surface area contributed by atoms with Crippen LogP contribution in [-0.4, -0.2) is 23.5 Å². The van der Waals surface area contributed by atoms with Crippen LogP contribution in [0.25, 0.3) is 0 Å². The van der Waals surface area contributed by atoms with Gasteiger partial charge in [-0.05, 0) is 13.0 Å². The molecule has 0 aliphatic rings. The van der Waals surface area contributed by atoms with Gasteiger partial charge in [-0.25, -0.2) is 18.0 Å². The average Bonchev–Trinajstić information content (AvgIpc) is 2.33. The van der Waals surface area contributed by atoms with Gasteiger partial charge in [0.25, 0.3) is 0 Å². The maximum atomic E-state index is 13.3. The van der Waals surface area contributed by atoms with Gasteiger partial charge in [-0.3, -0.25) is 4.79 Å². The smallest absolute Gasteiger partial charge is 0.342 e. The van der Waals surface area contributed by atoms with Crippen LogP contribution in [0.5, 0.6) is 0 Å². The minimum Gasteiger partial charge on any atom is -0.500 e. The molecule has 1 N–H and O–H groups in total. The third kappa shape index (κ3) is 3.34. The number of ether oxygens (including phenoxy) is 1. The Morgan fingerprint density at radius 3 is 2.32 bits per heavy atom. The fourth-order valence-electron chi connectivity index (χ4n) is 1.21. The van der Waals surface area contributed by atoms with Crippen LogP contribution in [0.15, 0.2) is 24.0 Å². The van der Waals surface area contributed by atoms with E-state index < -0.39 is 40.3 Å². The molecule has 0 radical (unpaired) electrons. The van der Waals surface area contributed by atoms with E-state index in [-0.39, 0.29) is 12.7 Å². The van der Waals surface area contributed by atoms with Crippen molar-refractivity contribution >= 4 is 11.8 Å². The summed E-state index contributed by atoms with van der Waals surface area (Å²) in [7, 11) is 0. The molecule has 0 bridgehead atoms. The number of benzene rings is 1. The number of ketones is 1. The Kier molecular flexibility index (Phi) is 4.68. The maximum Gasteiger partial charge on any atom is 0.342 e. The van der Waals surface area contributed by atoms with Gasteiger partial charge in [0, 0.05) is 6.07 Å². The highest BCUT2D eigenvalue weighted by molar-refractivity contribution is 6.23. The van der Waals surface area contributed by atoms with Crippen molar-refractivity contribution in [1.82, 2.24) is 0 Å². The second-order valence-corrected chi connectivity index (χ2v) is 3.37. The van der Waals surface area contributed by atoms with Crippen LogP contribution in [0.2, 0.25) is 0 Å². The molecule has 0 atom stereocenters. The summed E-state index contributed by atoms with van der Waals surface area (Å²) in [5.74, 6) is -7.25. The molecule has 0 fully saturated rings. The zero-order valence-corrected chi connectivity index (χ0v) is 9.75. The monoisotopic (exact) mass is 274 g/mol. The minimum absolute atomic E-state index is 0.0876. The highest BCUT2D eigenvalue weighted by Crippen LogP contribution is 2.17. The Balaban J connectivity index is 3.24. The normalized spacial score (nSPS) is 11.3. The number of halogens is 3. The van der Waals surface area contributed by atoms with Crippen molar-refractivity contribution in [1.29, 1.82) is 0 Å². The number of carbonyl (C=O) groups excluding carboxylic acids is 1. The molecule has 0 spiro atoms. The predicted molar refractivity (Wildman–Crippen MR) is 58.0 cm³/mol. The molecule has 1 rings (SSSR count). The molecule has 0 aromatic heterocycles. The number of Topliss-reactive ketones (excluding diaryl/α,β-unsaturated/α-hetero) is 1. The number of rotatable bonds is 5. The first kappa shape index (κ1) is 14.7. The van der Waals surface area contributed by atoms with Crippen LogP contribution in [0, 0.1) is 17.5 Å². The number of carboxylic acid groups (broad SMARTS) is 1. The number of aliphatic carboxylic acids is 1. The fourth-order valence-corrected chi connectivity index (χ4v) is 1.21. The molecule has 0 unspecified atom stereocenters. The summed E-state index contributed by atoms with van der Waals surface area (Å²) in [6.45, 7) is 1.63. The van der Waals surface area contributed by atoms with Crippen molar-refractivity contribution in [2.75, 3.05) is 6.61 Å². The van der Waals surface area contributed by atoms with Gasteiger partial charge in [-0.1, -0.05) is 0 Å². The van der Waals surface area contributed by atoms with Gasteiger partial charge in [0.05, 0.1) is 12.2 Å². The maximum absolute atomic E-state index is 13.3. The lowest BCUT2D eigenvalue weighted by Gasteiger charge is -2.05. The highest BCUT2D eigenvalue weighted by Gasteiger charge is 2.24. The van der Waals surface area contributed by atoms with E-state index in [0.29, 0.717) is 12.3 Å². The topological polar surface area (TPSA) is 63.6 Å². The SMILES string of the molecule is CCOC=C(C(=O)O)C(=O)c1cc(F)c(F)cc1F. The lowest BCUT2D eigenvalue weighted by Crippen LogP contribution is -2.15. The third-order valence-electron chi connectivity index (χ3n) is 2.10.